The van der Waals surface area contributed by atoms with Crippen LogP contribution in [0.4, 0.5) is 0 Å². The van der Waals surface area contributed by atoms with E-state index < -0.39 is 0 Å². The zero-order valence-corrected chi connectivity index (χ0v) is 8.30. The predicted molar refractivity (Wildman–Crippen MR) is 54.2 cm³/mol. The van der Waals surface area contributed by atoms with Crippen LogP contribution in [0.1, 0.15) is 5.56 Å². The van der Waals surface area contributed by atoms with Crippen molar-refractivity contribution in [1.29, 1.82) is 0 Å². The first-order valence-corrected chi connectivity index (χ1v) is 4.57. The first-order chi connectivity index (χ1) is 5.77. The summed E-state index contributed by atoms with van der Waals surface area (Å²) < 4.78 is 1.11. The quantitative estimate of drug-likeness (QED) is 0.666. The SMILES string of the molecule is Cc1cnc2cccc(Br)c2c1. The summed E-state index contributed by atoms with van der Waals surface area (Å²) in [6.07, 6.45) is 1.88. The van der Waals surface area contributed by atoms with Crippen molar-refractivity contribution in [3.63, 3.8) is 0 Å². The number of fused-ring (bicyclic) bond motifs is 1. The molecule has 1 aromatic carbocycles. The first kappa shape index (κ1) is 7.74. The van der Waals surface area contributed by atoms with Crippen molar-refractivity contribution in [2.45, 2.75) is 6.92 Å². The third kappa shape index (κ3) is 1.23. The molecule has 12 heavy (non-hydrogen) atoms. The number of pyridine rings is 1. The van der Waals surface area contributed by atoms with Crippen LogP contribution in [0.25, 0.3) is 10.9 Å². The van der Waals surface area contributed by atoms with Crippen LogP contribution in [0.3, 0.4) is 0 Å². The van der Waals surface area contributed by atoms with E-state index >= 15 is 0 Å². The van der Waals surface area contributed by atoms with Gasteiger partial charge in [-0.05, 0) is 30.7 Å². The van der Waals surface area contributed by atoms with E-state index in [0.717, 1.165) is 9.99 Å². The molecule has 0 saturated carbocycles. The summed E-state index contributed by atoms with van der Waals surface area (Å²) in [5.41, 5.74) is 2.23. The van der Waals surface area contributed by atoms with E-state index in [1.165, 1.54) is 10.9 Å². The topological polar surface area (TPSA) is 12.9 Å². The molecule has 2 rings (SSSR count). The summed E-state index contributed by atoms with van der Waals surface area (Å²) in [5, 5.41) is 1.18. The Bertz CT molecular complexity index is 423. The second-order valence-corrected chi connectivity index (χ2v) is 3.67. The van der Waals surface area contributed by atoms with Gasteiger partial charge >= 0.3 is 0 Å². The van der Waals surface area contributed by atoms with Gasteiger partial charge in [-0.25, -0.2) is 0 Å². The number of aryl methyl sites for hydroxylation is 1. The van der Waals surface area contributed by atoms with Crippen molar-refractivity contribution in [1.82, 2.24) is 4.98 Å². The minimum absolute atomic E-state index is 1.04. The van der Waals surface area contributed by atoms with Gasteiger partial charge in [0.1, 0.15) is 0 Å². The fourth-order valence-corrected chi connectivity index (χ4v) is 1.69. The number of rotatable bonds is 0. The van der Waals surface area contributed by atoms with E-state index in [1.54, 1.807) is 0 Å². The lowest BCUT2D eigenvalue weighted by Crippen LogP contribution is -1.81. The molecule has 0 radical (unpaired) electrons. The molecule has 0 aliphatic rings. The standard InChI is InChI=1S/C10H8BrN/c1-7-5-8-9(11)3-2-4-10(8)12-6-7/h2-6H,1H3. The molecule has 1 nitrogen and oxygen atoms in total. The van der Waals surface area contributed by atoms with Gasteiger partial charge in [0, 0.05) is 16.1 Å². The number of aromatic nitrogens is 1. The maximum Gasteiger partial charge on any atom is 0.0713 e. The Hall–Kier alpha value is -0.890. The van der Waals surface area contributed by atoms with Crippen molar-refractivity contribution < 1.29 is 0 Å². The van der Waals surface area contributed by atoms with Crippen molar-refractivity contribution in [2.75, 3.05) is 0 Å². The Balaban J connectivity index is 2.88. The van der Waals surface area contributed by atoms with E-state index in [9.17, 15) is 0 Å². The molecule has 0 atom stereocenters. The van der Waals surface area contributed by atoms with E-state index in [2.05, 4.69) is 27.0 Å². The Morgan fingerprint density at radius 3 is 3.00 bits per heavy atom. The summed E-state index contributed by atoms with van der Waals surface area (Å²) in [4.78, 5) is 4.31. The van der Waals surface area contributed by atoms with Gasteiger partial charge in [-0.15, -0.1) is 0 Å². The highest BCUT2D eigenvalue weighted by atomic mass is 79.9. The molecular weight excluding hydrogens is 214 g/mol. The lowest BCUT2D eigenvalue weighted by atomic mass is 10.2. The van der Waals surface area contributed by atoms with Crippen molar-refractivity contribution in [3.05, 3.63) is 40.5 Å². The van der Waals surface area contributed by atoms with Gasteiger partial charge in [0.05, 0.1) is 5.52 Å². The molecule has 0 aliphatic heterocycles. The van der Waals surface area contributed by atoms with Crippen molar-refractivity contribution >= 4 is 26.8 Å². The van der Waals surface area contributed by atoms with Crippen LogP contribution in [0.5, 0.6) is 0 Å². The summed E-state index contributed by atoms with van der Waals surface area (Å²) in [6, 6.07) is 8.17. The number of nitrogens with zero attached hydrogens (tertiary/aromatic N) is 1. The average molecular weight is 222 g/mol. The highest BCUT2D eigenvalue weighted by Crippen LogP contribution is 2.22. The number of hydrogen-bond acceptors (Lipinski definition) is 1. The van der Waals surface area contributed by atoms with Gasteiger partial charge in [0.2, 0.25) is 0 Å². The van der Waals surface area contributed by atoms with Gasteiger partial charge < -0.3 is 0 Å². The first-order valence-electron chi connectivity index (χ1n) is 3.78. The third-order valence-corrected chi connectivity index (χ3v) is 2.50. The Kier molecular flexibility index (Phi) is 1.85. The Morgan fingerprint density at radius 2 is 2.17 bits per heavy atom. The molecule has 1 aromatic heterocycles. The largest absolute Gasteiger partial charge is 0.256 e. The van der Waals surface area contributed by atoms with Crippen LogP contribution >= 0.6 is 15.9 Å². The zero-order chi connectivity index (χ0) is 8.55. The molecule has 0 N–H and O–H groups in total. The molecule has 0 fully saturated rings. The van der Waals surface area contributed by atoms with Gasteiger partial charge in [-0.3, -0.25) is 4.98 Å². The minimum Gasteiger partial charge on any atom is -0.256 e. The highest BCUT2D eigenvalue weighted by Gasteiger charge is 1.97. The second kappa shape index (κ2) is 2.87. The van der Waals surface area contributed by atoms with Crippen LogP contribution < -0.4 is 0 Å². The maximum atomic E-state index is 4.31. The molecule has 60 valence electrons. The molecule has 2 heteroatoms. The Labute approximate surface area is 79.6 Å². The summed E-state index contributed by atoms with van der Waals surface area (Å²) in [7, 11) is 0. The molecule has 2 aromatic rings. The number of hydrogen-bond donors (Lipinski definition) is 0. The molecule has 0 amide bonds. The monoisotopic (exact) mass is 221 g/mol. The van der Waals surface area contributed by atoms with Gasteiger partial charge in [-0.2, -0.15) is 0 Å². The van der Waals surface area contributed by atoms with Crippen LogP contribution in [-0.4, -0.2) is 4.98 Å². The number of benzene rings is 1. The molecule has 0 unspecified atom stereocenters. The smallest absolute Gasteiger partial charge is 0.0713 e. The molecule has 1 heterocycles. The normalized spacial score (nSPS) is 10.5. The fourth-order valence-electron chi connectivity index (χ4n) is 1.22. The molecule has 0 aliphatic carbocycles. The average Bonchev–Trinajstić information content (AvgIpc) is 2.07. The van der Waals surface area contributed by atoms with Gasteiger partial charge in [0.15, 0.2) is 0 Å². The predicted octanol–water partition coefficient (Wildman–Crippen LogP) is 3.31. The van der Waals surface area contributed by atoms with Crippen LogP contribution in [0.15, 0.2) is 34.9 Å². The van der Waals surface area contributed by atoms with Gasteiger partial charge in [-0.1, -0.05) is 22.0 Å². The van der Waals surface area contributed by atoms with Crippen LogP contribution in [-0.2, 0) is 0 Å². The van der Waals surface area contributed by atoms with E-state index in [1.807, 2.05) is 31.3 Å². The fraction of sp³-hybridized carbons (Fsp3) is 0.100. The Morgan fingerprint density at radius 1 is 1.33 bits per heavy atom. The molecular formula is C10H8BrN. The van der Waals surface area contributed by atoms with E-state index in [0.29, 0.717) is 0 Å². The van der Waals surface area contributed by atoms with E-state index in [-0.39, 0.29) is 0 Å². The van der Waals surface area contributed by atoms with Crippen molar-refractivity contribution in [3.8, 4) is 0 Å². The van der Waals surface area contributed by atoms with Gasteiger partial charge in [0.25, 0.3) is 0 Å². The summed E-state index contributed by atoms with van der Waals surface area (Å²) in [5.74, 6) is 0. The zero-order valence-electron chi connectivity index (χ0n) is 6.71. The lowest BCUT2D eigenvalue weighted by Gasteiger charge is -1.99. The molecule has 0 spiro atoms. The lowest BCUT2D eigenvalue weighted by molar-refractivity contribution is 1.33. The molecule has 0 saturated heterocycles. The van der Waals surface area contributed by atoms with Crippen LogP contribution in [0.2, 0.25) is 0 Å². The second-order valence-electron chi connectivity index (χ2n) is 2.82. The van der Waals surface area contributed by atoms with E-state index in [4.69, 9.17) is 0 Å². The minimum atomic E-state index is 1.04. The third-order valence-electron chi connectivity index (χ3n) is 1.81. The summed E-state index contributed by atoms with van der Waals surface area (Å²) >= 11 is 3.49. The highest BCUT2D eigenvalue weighted by molar-refractivity contribution is 9.10. The molecule has 0 bridgehead atoms. The summed E-state index contributed by atoms with van der Waals surface area (Å²) in [6.45, 7) is 2.05. The van der Waals surface area contributed by atoms with Crippen molar-refractivity contribution in [2.24, 2.45) is 0 Å². The number of halogens is 1. The maximum absolute atomic E-state index is 4.31. The van der Waals surface area contributed by atoms with Crippen LogP contribution in [0, 0.1) is 6.92 Å².